The van der Waals surface area contributed by atoms with Gasteiger partial charge in [0.15, 0.2) is 0 Å². The van der Waals surface area contributed by atoms with Crippen LogP contribution in [0.15, 0.2) is 95.7 Å². The number of rotatable bonds is 9. The van der Waals surface area contributed by atoms with Crippen molar-refractivity contribution in [3.05, 3.63) is 107 Å². The first-order chi connectivity index (χ1) is 18.0. The van der Waals surface area contributed by atoms with Crippen molar-refractivity contribution >= 4 is 29.6 Å². The fraction of sp³-hybridized carbons (Fsp3) is 0.0769. The molecule has 0 aliphatic heterocycles. The molecule has 0 saturated heterocycles. The van der Waals surface area contributed by atoms with Crippen molar-refractivity contribution in [2.24, 2.45) is 5.10 Å². The van der Waals surface area contributed by atoms with E-state index in [9.17, 15) is 9.59 Å². The lowest BCUT2D eigenvalue weighted by Gasteiger charge is -2.11. The van der Waals surface area contributed by atoms with Crippen molar-refractivity contribution in [2.45, 2.75) is 6.54 Å². The third-order valence-corrected chi connectivity index (χ3v) is 5.21. The van der Waals surface area contributed by atoms with E-state index in [1.165, 1.54) is 4.68 Å². The van der Waals surface area contributed by atoms with E-state index in [0.717, 1.165) is 5.56 Å². The highest BCUT2D eigenvalue weighted by Crippen LogP contribution is 2.14. The zero-order valence-electron chi connectivity index (χ0n) is 19.9. The summed E-state index contributed by atoms with van der Waals surface area (Å²) in [4.78, 5) is 26.1. The number of hydrogen-bond donors (Lipinski definition) is 3. The molecule has 0 fully saturated rings. The smallest absolute Gasteiger partial charge is 0.287 e. The van der Waals surface area contributed by atoms with E-state index in [1.54, 1.807) is 67.8 Å². The summed E-state index contributed by atoms with van der Waals surface area (Å²) >= 11 is 0. The Kier molecular flexibility index (Phi) is 7.97. The number of nitrogens with one attached hydrogen (secondary N) is 2. The van der Waals surface area contributed by atoms with Crippen LogP contribution in [0.4, 0.5) is 5.95 Å². The van der Waals surface area contributed by atoms with E-state index in [-0.39, 0.29) is 18.2 Å². The second kappa shape index (κ2) is 11.9. The molecular weight excluding hydrogens is 472 g/mol. The third kappa shape index (κ3) is 6.63. The first-order valence-corrected chi connectivity index (χ1v) is 11.2. The number of carbonyl (C=O) groups is 2. The van der Waals surface area contributed by atoms with Gasteiger partial charge < -0.3 is 15.8 Å². The molecule has 11 nitrogen and oxygen atoms in total. The van der Waals surface area contributed by atoms with E-state index < -0.39 is 11.8 Å². The summed E-state index contributed by atoms with van der Waals surface area (Å²) in [6.07, 6.45) is 1.55. The minimum Gasteiger partial charge on any atom is -0.497 e. The molecule has 0 saturated carbocycles. The van der Waals surface area contributed by atoms with E-state index in [2.05, 4.69) is 31.4 Å². The van der Waals surface area contributed by atoms with Gasteiger partial charge in [-0.3, -0.25) is 9.59 Å². The van der Waals surface area contributed by atoms with Gasteiger partial charge in [0, 0.05) is 5.56 Å². The lowest BCUT2D eigenvalue weighted by Crippen LogP contribution is -2.33. The zero-order chi connectivity index (χ0) is 26.0. The average molecular weight is 497 g/mol. The fourth-order valence-corrected chi connectivity index (χ4v) is 3.28. The molecule has 0 aliphatic rings. The quantitative estimate of drug-likeness (QED) is 0.183. The highest BCUT2D eigenvalue weighted by Gasteiger charge is 2.16. The molecule has 4 aromatic rings. The van der Waals surface area contributed by atoms with Gasteiger partial charge in [-0.1, -0.05) is 65.8 Å². The van der Waals surface area contributed by atoms with E-state index in [0.29, 0.717) is 22.6 Å². The van der Waals surface area contributed by atoms with Crippen LogP contribution in [0, 0.1) is 0 Å². The molecule has 11 heteroatoms. The predicted octanol–water partition coefficient (Wildman–Crippen LogP) is 2.26. The largest absolute Gasteiger partial charge is 0.497 e. The number of methoxy groups -OCH3 is 1. The van der Waals surface area contributed by atoms with Crippen LogP contribution in [-0.4, -0.2) is 44.8 Å². The molecule has 0 spiro atoms. The highest BCUT2D eigenvalue weighted by atomic mass is 16.5. The maximum absolute atomic E-state index is 13.2. The monoisotopic (exact) mass is 496 g/mol. The molecule has 0 atom stereocenters. The number of ether oxygens (including phenoxy) is 1. The van der Waals surface area contributed by atoms with Gasteiger partial charge in [0.05, 0.1) is 19.4 Å². The number of nitrogens with two attached hydrogens (primary N) is 1. The van der Waals surface area contributed by atoms with Crippen molar-refractivity contribution in [1.82, 2.24) is 30.9 Å². The van der Waals surface area contributed by atoms with Gasteiger partial charge in [-0.25, -0.2) is 10.1 Å². The number of aromatic nitrogens is 4. The van der Waals surface area contributed by atoms with Crippen molar-refractivity contribution in [3.63, 3.8) is 0 Å². The Hall–Kier alpha value is -5.32. The zero-order valence-corrected chi connectivity index (χ0v) is 19.9. The SMILES string of the molecule is COc1ccc(C=C(NC(=O)c2ccccc2)C(=O)NN=C(Cn2nnnc2N)c2ccccc2)cc1. The lowest BCUT2D eigenvalue weighted by molar-refractivity contribution is -0.117. The molecule has 1 aromatic heterocycles. The Labute approximate surface area is 212 Å². The lowest BCUT2D eigenvalue weighted by atomic mass is 10.1. The number of hydrazone groups is 1. The maximum Gasteiger partial charge on any atom is 0.287 e. The van der Waals surface area contributed by atoms with E-state index in [4.69, 9.17) is 10.5 Å². The molecule has 3 aromatic carbocycles. The van der Waals surface area contributed by atoms with Crippen LogP contribution in [0.3, 0.4) is 0 Å². The number of carbonyl (C=O) groups excluding carboxylic acids is 2. The molecule has 4 rings (SSSR count). The summed E-state index contributed by atoms with van der Waals surface area (Å²) in [5, 5.41) is 18.1. The Balaban J connectivity index is 1.62. The minimum atomic E-state index is -0.627. The first-order valence-electron chi connectivity index (χ1n) is 11.2. The molecule has 0 bridgehead atoms. The molecule has 186 valence electrons. The van der Waals surface area contributed by atoms with Crippen LogP contribution in [0.1, 0.15) is 21.5 Å². The minimum absolute atomic E-state index is 0.00267. The normalized spacial score (nSPS) is 11.6. The summed E-state index contributed by atoms with van der Waals surface area (Å²) in [6.45, 7) is 0.108. The first kappa shape index (κ1) is 24.8. The molecule has 0 aliphatic carbocycles. The van der Waals surface area contributed by atoms with Crippen molar-refractivity contribution in [3.8, 4) is 5.75 Å². The van der Waals surface area contributed by atoms with Crippen molar-refractivity contribution < 1.29 is 14.3 Å². The van der Waals surface area contributed by atoms with Crippen molar-refractivity contribution in [2.75, 3.05) is 12.8 Å². The number of amides is 2. The Morgan fingerprint density at radius 3 is 2.22 bits per heavy atom. The number of hydrogen-bond acceptors (Lipinski definition) is 8. The second-order valence-electron chi connectivity index (χ2n) is 7.71. The standard InChI is InChI=1S/C26H24N8O3/c1-37-21-14-12-18(13-15-21)16-22(28-24(35)20-10-6-3-7-11-20)25(36)30-29-23(19-8-4-2-5-9-19)17-34-26(27)31-32-33-34/h2-16H,17H2,1H3,(H,28,35)(H,30,36)(H2,27,31,33). The summed E-state index contributed by atoms with van der Waals surface area (Å²) < 4.78 is 6.54. The Morgan fingerprint density at radius 2 is 1.62 bits per heavy atom. The van der Waals surface area contributed by atoms with Gasteiger partial charge in [0.2, 0.25) is 5.95 Å². The topological polar surface area (TPSA) is 149 Å². The molecule has 0 unspecified atom stereocenters. The van der Waals surface area contributed by atoms with Gasteiger partial charge in [0.1, 0.15) is 11.4 Å². The fourth-order valence-electron chi connectivity index (χ4n) is 3.28. The van der Waals surface area contributed by atoms with E-state index >= 15 is 0 Å². The number of nitrogen functional groups attached to an aromatic ring is 1. The number of tetrazole rings is 1. The van der Waals surface area contributed by atoms with Gasteiger partial charge >= 0.3 is 0 Å². The van der Waals surface area contributed by atoms with Crippen LogP contribution in [0.2, 0.25) is 0 Å². The predicted molar refractivity (Wildman–Crippen MR) is 138 cm³/mol. The number of nitrogens with zero attached hydrogens (tertiary/aromatic N) is 5. The van der Waals surface area contributed by atoms with Crippen LogP contribution in [0.5, 0.6) is 5.75 Å². The summed E-state index contributed by atoms with van der Waals surface area (Å²) in [5.41, 5.74) is 10.6. The van der Waals surface area contributed by atoms with Gasteiger partial charge in [-0.05, 0) is 51.9 Å². The second-order valence-corrected chi connectivity index (χ2v) is 7.71. The maximum atomic E-state index is 13.2. The summed E-state index contributed by atoms with van der Waals surface area (Å²) in [5.74, 6) is -0.303. The summed E-state index contributed by atoms with van der Waals surface area (Å²) in [7, 11) is 1.56. The molecule has 37 heavy (non-hydrogen) atoms. The molecule has 2 amide bonds. The van der Waals surface area contributed by atoms with Crippen LogP contribution >= 0.6 is 0 Å². The third-order valence-electron chi connectivity index (χ3n) is 5.21. The van der Waals surface area contributed by atoms with Gasteiger partial charge in [0.25, 0.3) is 11.8 Å². The molecule has 0 radical (unpaired) electrons. The molecular formula is C26H24N8O3. The Morgan fingerprint density at radius 1 is 0.973 bits per heavy atom. The van der Waals surface area contributed by atoms with Crippen LogP contribution in [-0.2, 0) is 11.3 Å². The average Bonchev–Trinajstić information content (AvgIpc) is 3.35. The highest BCUT2D eigenvalue weighted by molar-refractivity contribution is 6.06. The van der Waals surface area contributed by atoms with Crippen LogP contribution in [0.25, 0.3) is 6.08 Å². The van der Waals surface area contributed by atoms with E-state index in [1.807, 2.05) is 30.3 Å². The Bertz CT molecular complexity index is 1420. The van der Waals surface area contributed by atoms with Crippen molar-refractivity contribution in [1.29, 1.82) is 0 Å². The van der Waals surface area contributed by atoms with Crippen LogP contribution < -0.4 is 21.2 Å². The molecule has 4 N–H and O–H groups in total. The van der Waals surface area contributed by atoms with Gasteiger partial charge in [-0.2, -0.15) is 5.10 Å². The summed E-state index contributed by atoms with van der Waals surface area (Å²) in [6, 6.07) is 24.8. The number of benzene rings is 3. The number of anilines is 1. The van der Waals surface area contributed by atoms with Gasteiger partial charge in [-0.15, -0.1) is 0 Å². The molecule has 1 heterocycles.